The molecular weight excluding hydrogens is 1320 g/mol. The fraction of sp³-hybridized carbons (Fsp3) is 0.0952. The number of aromatic nitrogens is 4. The van der Waals surface area contributed by atoms with Gasteiger partial charge in [0, 0.05) is 68.2 Å². The van der Waals surface area contributed by atoms with Crippen LogP contribution in [0.4, 0.5) is 0 Å². The van der Waals surface area contributed by atoms with Crippen molar-refractivity contribution in [1.29, 1.82) is 0 Å². The topological polar surface area (TPSA) is 262 Å². The van der Waals surface area contributed by atoms with E-state index in [0.717, 1.165) is 0 Å². The molecule has 0 radical (unpaired) electrons. The van der Waals surface area contributed by atoms with Crippen molar-refractivity contribution in [3.8, 4) is 47.0 Å². The van der Waals surface area contributed by atoms with Crippen molar-refractivity contribution in [3.05, 3.63) is 356 Å². The van der Waals surface area contributed by atoms with Gasteiger partial charge >= 0.3 is 47.8 Å². The molecule has 0 amide bonds. The first-order valence-corrected chi connectivity index (χ1v) is 32.9. The van der Waals surface area contributed by atoms with Crippen molar-refractivity contribution >= 4 is 47.8 Å². The number of carbonyl (C=O) groups excluding carboxylic acids is 8. The van der Waals surface area contributed by atoms with Crippen molar-refractivity contribution < 1.29 is 76.3 Å². The van der Waals surface area contributed by atoms with Crippen molar-refractivity contribution in [2.75, 3.05) is 0 Å². The molecule has 12 aromatic rings. The van der Waals surface area contributed by atoms with Crippen molar-refractivity contribution in [3.63, 3.8) is 0 Å². The van der Waals surface area contributed by atoms with Crippen molar-refractivity contribution in [1.82, 2.24) is 19.9 Å². The minimum Gasteiger partial charge on any atom is -0.403 e. The van der Waals surface area contributed by atoms with Crippen molar-refractivity contribution in [2.24, 2.45) is 0 Å². The summed E-state index contributed by atoms with van der Waals surface area (Å²) < 4.78 is 50.8. The number of hydrogen-bond donors (Lipinski definition) is 0. The number of benzene rings is 8. The van der Waals surface area contributed by atoms with Gasteiger partial charge in [0.15, 0.2) is 0 Å². The van der Waals surface area contributed by atoms with E-state index in [-0.39, 0.29) is 89.0 Å². The Morgan fingerprint density at radius 2 is 0.298 bits per heavy atom. The molecule has 0 unspecified atom stereocenters. The molecule has 0 N–H and O–H groups in total. The molecule has 8 bridgehead atoms. The van der Waals surface area contributed by atoms with Gasteiger partial charge in [-0.25, -0.2) is 38.4 Å². The number of carbonyl (C=O) groups is 8. The molecular formula is C84H60N4O16. The van der Waals surface area contributed by atoms with Gasteiger partial charge < -0.3 is 37.9 Å². The summed E-state index contributed by atoms with van der Waals surface area (Å²) in [5.74, 6) is -15.5. The van der Waals surface area contributed by atoms with E-state index in [1.165, 1.54) is 97.1 Å². The summed E-state index contributed by atoms with van der Waals surface area (Å²) >= 11 is 0. The second-order valence-corrected chi connectivity index (χ2v) is 24.0. The van der Waals surface area contributed by atoms with Crippen LogP contribution in [0.3, 0.4) is 0 Å². The first-order chi connectivity index (χ1) is 50.5. The van der Waals surface area contributed by atoms with Crippen LogP contribution in [0, 0.1) is 0 Å². The highest BCUT2D eigenvalue weighted by molar-refractivity contribution is 5.96. The van der Waals surface area contributed by atoms with Gasteiger partial charge in [0.2, 0.25) is 47.0 Å². The van der Waals surface area contributed by atoms with Crippen LogP contribution in [0.25, 0.3) is 0 Å². The minimum absolute atomic E-state index is 0.0537. The maximum atomic E-state index is 14.7. The number of pyridine rings is 4. The SMILES string of the molecule is CC1c2cc(c(OC(=O)c3ccccc3)nc2OC(=O)c2ccccc2)C(C)c2cc(c(OC(=O)c3ccccc3)nc2OC(=O)c2ccccc2)C(C)c2cc(c(OC(=O)c3ccccc3)nc2OC(=O)c2ccccc2)C(C)c2cc1c(OC(=O)c1ccccc1)nc2OC(=O)c1ccccc1. The fourth-order valence-corrected chi connectivity index (χ4v) is 11.6. The van der Waals surface area contributed by atoms with Crippen LogP contribution in [0.15, 0.2) is 267 Å². The molecule has 4 aromatic heterocycles. The molecule has 0 saturated heterocycles. The highest BCUT2D eigenvalue weighted by atomic mass is 16.6. The van der Waals surface area contributed by atoms with Gasteiger partial charge in [-0.15, -0.1) is 0 Å². The van der Waals surface area contributed by atoms with Gasteiger partial charge in [0.1, 0.15) is 0 Å². The third-order valence-electron chi connectivity index (χ3n) is 17.4. The largest absolute Gasteiger partial charge is 0.403 e. The van der Waals surface area contributed by atoms with Crippen LogP contribution in [-0.4, -0.2) is 67.7 Å². The van der Waals surface area contributed by atoms with Gasteiger partial charge in [-0.05, 0) is 121 Å². The lowest BCUT2D eigenvalue weighted by Gasteiger charge is -2.27. The molecule has 20 nitrogen and oxygen atoms in total. The average molecular weight is 1380 g/mol. The number of esters is 8. The lowest BCUT2D eigenvalue weighted by molar-refractivity contribution is 0.0695. The van der Waals surface area contributed by atoms with Gasteiger partial charge in [-0.1, -0.05) is 173 Å². The highest BCUT2D eigenvalue weighted by Crippen LogP contribution is 2.49. The van der Waals surface area contributed by atoms with Crippen LogP contribution in [0.2, 0.25) is 0 Å². The summed E-state index contributed by atoms with van der Waals surface area (Å²) in [6.45, 7) is 6.66. The first kappa shape index (κ1) is 68.6. The van der Waals surface area contributed by atoms with Gasteiger partial charge in [0.05, 0.1) is 44.5 Å². The second-order valence-electron chi connectivity index (χ2n) is 24.0. The molecule has 512 valence electrons. The lowest BCUT2D eigenvalue weighted by Crippen LogP contribution is -2.20. The van der Waals surface area contributed by atoms with E-state index < -0.39 is 118 Å². The second kappa shape index (κ2) is 30.7. The zero-order chi connectivity index (χ0) is 72.4. The van der Waals surface area contributed by atoms with Crippen LogP contribution in [0.1, 0.15) is 179 Å². The highest BCUT2D eigenvalue weighted by Gasteiger charge is 2.37. The number of rotatable bonds is 16. The monoisotopic (exact) mass is 1380 g/mol. The Kier molecular flexibility index (Phi) is 20.3. The average Bonchev–Trinajstić information content (AvgIpc) is 0.757. The molecule has 4 heterocycles. The fourth-order valence-electron chi connectivity index (χ4n) is 11.6. The zero-order valence-electron chi connectivity index (χ0n) is 56.0. The third-order valence-corrected chi connectivity index (χ3v) is 17.4. The van der Waals surface area contributed by atoms with Crippen LogP contribution in [-0.2, 0) is 0 Å². The summed E-state index contributed by atoms with van der Waals surface area (Å²) in [6.07, 6.45) is 0. The number of fused-ring (bicyclic) bond motifs is 8. The predicted molar refractivity (Wildman–Crippen MR) is 378 cm³/mol. The molecule has 0 fully saturated rings. The normalized spacial score (nSPS) is 14.3. The van der Waals surface area contributed by atoms with E-state index in [0.29, 0.717) is 0 Å². The third kappa shape index (κ3) is 15.1. The lowest BCUT2D eigenvalue weighted by atomic mass is 9.84. The Labute approximate surface area is 595 Å². The summed E-state index contributed by atoms with van der Waals surface area (Å²) in [4.78, 5) is 137. The van der Waals surface area contributed by atoms with Crippen LogP contribution < -0.4 is 37.9 Å². The Hall–Kier alpha value is -13.9. The number of hydrogen-bond acceptors (Lipinski definition) is 20. The van der Waals surface area contributed by atoms with Crippen molar-refractivity contribution in [2.45, 2.75) is 51.4 Å². The first-order valence-electron chi connectivity index (χ1n) is 32.9. The van der Waals surface area contributed by atoms with E-state index in [1.54, 1.807) is 198 Å². The smallest absolute Gasteiger partial charge is 0.344 e. The Morgan fingerprint density at radius 3 is 0.404 bits per heavy atom. The Morgan fingerprint density at radius 1 is 0.192 bits per heavy atom. The molecule has 8 aromatic carbocycles. The zero-order valence-corrected chi connectivity index (χ0v) is 56.0. The summed E-state index contributed by atoms with van der Waals surface area (Å²) in [5.41, 5.74) is 1.14. The van der Waals surface area contributed by atoms with Gasteiger partial charge in [0.25, 0.3) is 0 Å². The van der Waals surface area contributed by atoms with Crippen LogP contribution >= 0.6 is 0 Å². The van der Waals surface area contributed by atoms with E-state index in [2.05, 4.69) is 0 Å². The van der Waals surface area contributed by atoms with Crippen LogP contribution in [0.5, 0.6) is 47.0 Å². The number of ether oxygens (including phenoxy) is 8. The van der Waals surface area contributed by atoms with Gasteiger partial charge in [-0.3, -0.25) is 0 Å². The molecule has 13 rings (SSSR count). The summed E-state index contributed by atoms with van der Waals surface area (Å²) in [6, 6.07) is 70.3. The quantitative estimate of drug-likeness (QED) is 0.0814. The maximum absolute atomic E-state index is 14.7. The minimum atomic E-state index is -1.22. The van der Waals surface area contributed by atoms with E-state index in [1.807, 2.05) is 0 Å². The predicted octanol–water partition coefficient (Wildman–Crippen LogP) is 15.9. The molecule has 0 aliphatic heterocycles. The van der Waals surface area contributed by atoms with Gasteiger partial charge in [-0.2, -0.15) is 19.9 Å². The Balaban J connectivity index is 1.15. The molecule has 1 aliphatic carbocycles. The van der Waals surface area contributed by atoms with E-state index >= 15 is 0 Å². The number of nitrogens with zero attached hydrogens (tertiary/aromatic N) is 4. The standard InChI is InChI=1S/C84H60N4O16/c1-49-61-45-63(71(99-79(91)55-33-17-7-18-34-55)85-69(61)97-77(89)53-29-13-5-14-30-53)50(2)65-47-67(75(103-83(95)59-41-25-11-26-42-59)87-73(65)101-81(93)57-37-21-9-22-38-57)52(4)68-48-66(74(102-82(94)58-39-23-10-24-40-58)88-76(68)104-84(96)60-43-27-12-28-44-60)51(3)64-46-62(49)70(98-78(90)54-31-15-6-16-32-54)86-72(64)100-80(92)56-35-19-8-20-36-56/h5-52H,1-4H3. The van der Waals surface area contributed by atoms with E-state index in [4.69, 9.17) is 57.8 Å². The molecule has 0 spiro atoms. The molecule has 20 heteroatoms. The summed E-state index contributed by atoms with van der Waals surface area (Å²) in [7, 11) is 0. The maximum Gasteiger partial charge on any atom is 0.344 e. The molecule has 104 heavy (non-hydrogen) atoms. The summed E-state index contributed by atoms with van der Waals surface area (Å²) in [5, 5.41) is 0. The van der Waals surface area contributed by atoms with E-state index in [9.17, 15) is 38.4 Å². The molecule has 0 saturated carbocycles. The molecule has 1 aliphatic rings. The molecule has 0 atom stereocenters. The Bertz CT molecular complexity index is 4290.